The monoisotopic (exact) mass is 413 g/mol. The summed E-state index contributed by atoms with van der Waals surface area (Å²) < 4.78 is 55.5. The lowest BCUT2D eigenvalue weighted by Crippen LogP contribution is -2.15. The molecule has 4 N–H and O–H groups in total. The van der Waals surface area contributed by atoms with Gasteiger partial charge in [0, 0.05) is 29.7 Å². The number of nitrogens with two attached hydrogens (primary N) is 1. The van der Waals surface area contributed by atoms with E-state index in [4.69, 9.17) is 11.1 Å². The maximum Gasteiger partial charge on any atom is 0.279 e. The minimum absolute atomic E-state index is 0.119. The number of aromatic nitrogens is 2. The summed E-state index contributed by atoms with van der Waals surface area (Å²) in [6.45, 7) is 0. The van der Waals surface area contributed by atoms with Crippen LogP contribution in [0.4, 0.5) is 20.3 Å². The highest BCUT2D eigenvalue weighted by molar-refractivity contribution is 7.92. The molecule has 2 aromatic heterocycles. The Morgan fingerprint density at radius 1 is 1.14 bits per heavy atom. The summed E-state index contributed by atoms with van der Waals surface area (Å²) in [6, 6.07) is 7.51. The van der Waals surface area contributed by atoms with Gasteiger partial charge in [0.15, 0.2) is 10.8 Å². The summed E-state index contributed by atoms with van der Waals surface area (Å²) in [5.41, 5.74) is 5.06. The van der Waals surface area contributed by atoms with Gasteiger partial charge in [-0.25, -0.2) is 18.7 Å². The zero-order valence-corrected chi connectivity index (χ0v) is 15.5. The first-order valence-electron chi connectivity index (χ1n) is 8.01. The van der Waals surface area contributed by atoms with Crippen LogP contribution in [0.15, 0.2) is 53.8 Å². The van der Waals surface area contributed by atoms with Gasteiger partial charge in [-0.3, -0.25) is 4.72 Å². The molecule has 10 heteroatoms. The van der Waals surface area contributed by atoms with Crippen molar-refractivity contribution in [2.75, 3.05) is 10.5 Å². The third-order valence-electron chi connectivity index (χ3n) is 3.69. The maximum absolute atomic E-state index is 14.7. The Morgan fingerprint density at radius 3 is 2.62 bits per heavy atom. The molecule has 0 aliphatic carbocycles. The fraction of sp³-hybridized carbons (Fsp3) is 0. The van der Waals surface area contributed by atoms with Crippen molar-refractivity contribution in [1.82, 2.24) is 9.97 Å². The van der Waals surface area contributed by atoms with Gasteiger partial charge in [-0.05, 0) is 30.3 Å². The van der Waals surface area contributed by atoms with Crippen molar-refractivity contribution in [2.24, 2.45) is 0 Å². The molecule has 1 aromatic carbocycles. The minimum atomic E-state index is -4.17. The number of hydrogen-bond donors (Lipinski definition) is 3. The first-order valence-corrected chi connectivity index (χ1v) is 9.50. The molecule has 0 saturated carbocycles. The lowest BCUT2D eigenvalue weighted by atomic mass is 10.1. The number of nitrogens with zero attached hydrogens (tertiary/aromatic N) is 2. The zero-order valence-electron chi connectivity index (χ0n) is 14.6. The van der Waals surface area contributed by atoms with Crippen molar-refractivity contribution in [3.63, 3.8) is 0 Å². The van der Waals surface area contributed by atoms with Crippen LogP contribution in [-0.2, 0) is 10.0 Å². The average Bonchev–Trinajstić information content (AvgIpc) is 2.71. The fourth-order valence-electron chi connectivity index (χ4n) is 2.26. The SMILES string of the molecule is N=Cc1cc(C#Cc2c(F)ccc(NS(=O)(=O)c3ccccn3)c2F)cnc1N. The minimum Gasteiger partial charge on any atom is -0.383 e. The Morgan fingerprint density at radius 2 is 1.93 bits per heavy atom. The van der Waals surface area contributed by atoms with Gasteiger partial charge in [-0.15, -0.1) is 0 Å². The van der Waals surface area contributed by atoms with E-state index < -0.39 is 32.9 Å². The number of benzene rings is 1. The number of nitrogens with one attached hydrogen (secondary N) is 2. The van der Waals surface area contributed by atoms with Gasteiger partial charge in [0.25, 0.3) is 10.0 Å². The molecular formula is C19H13F2N5O2S. The average molecular weight is 413 g/mol. The highest BCUT2D eigenvalue weighted by Gasteiger charge is 2.20. The highest BCUT2D eigenvalue weighted by atomic mass is 32.2. The van der Waals surface area contributed by atoms with Crippen molar-refractivity contribution >= 4 is 27.7 Å². The molecule has 146 valence electrons. The summed E-state index contributed by atoms with van der Waals surface area (Å²) in [4.78, 5) is 7.55. The number of sulfonamides is 1. The van der Waals surface area contributed by atoms with Gasteiger partial charge in [0.1, 0.15) is 11.6 Å². The first-order chi connectivity index (χ1) is 13.8. The molecular weight excluding hydrogens is 400 g/mol. The molecule has 7 nitrogen and oxygen atoms in total. The molecule has 3 aromatic rings. The Bertz CT molecular complexity index is 1250. The smallest absolute Gasteiger partial charge is 0.279 e. The second-order valence-electron chi connectivity index (χ2n) is 5.65. The summed E-state index contributed by atoms with van der Waals surface area (Å²) in [5, 5.41) is 6.93. The van der Waals surface area contributed by atoms with Gasteiger partial charge >= 0.3 is 0 Å². The normalized spacial score (nSPS) is 10.7. The van der Waals surface area contributed by atoms with Gasteiger partial charge in [0.2, 0.25) is 0 Å². The van der Waals surface area contributed by atoms with Crippen LogP contribution in [0.5, 0.6) is 0 Å². The molecule has 29 heavy (non-hydrogen) atoms. The van der Waals surface area contributed by atoms with E-state index in [-0.39, 0.29) is 16.4 Å². The number of anilines is 2. The molecule has 0 aliphatic rings. The van der Waals surface area contributed by atoms with E-state index in [2.05, 4.69) is 21.8 Å². The van der Waals surface area contributed by atoms with Gasteiger partial charge < -0.3 is 11.1 Å². The molecule has 0 atom stereocenters. The molecule has 0 aliphatic heterocycles. The van der Waals surface area contributed by atoms with Crippen LogP contribution in [-0.4, -0.2) is 24.6 Å². The topological polar surface area (TPSA) is 122 Å². The lowest BCUT2D eigenvalue weighted by Gasteiger charge is -2.09. The summed E-state index contributed by atoms with van der Waals surface area (Å²) in [6.07, 6.45) is 3.54. The summed E-state index contributed by atoms with van der Waals surface area (Å²) in [7, 11) is -4.17. The Balaban J connectivity index is 1.98. The molecule has 2 heterocycles. The van der Waals surface area contributed by atoms with E-state index in [1.165, 1.54) is 36.7 Å². The molecule has 0 radical (unpaired) electrons. The summed E-state index contributed by atoms with van der Waals surface area (Å²) in [5.74, 6) is 2.83. The Kier molecular flexibility index (Phi) is 5.52. The van der Waals surface area contributed by atoms with Crippen LogP contribution >= 0.6 is 0 Å². The largest absolute Gasteiger partial charge is 0.383 e. The summed E-state index contributed by atoms with van der Waals surface area (Å²) >= 11 is 0. The first kappa shape index (κ1) is 19.9. The van der Waals surface area contributed by atoms with Crippen LogP contribution in [0.1, 0.15) is 16.7 Å². The van der Waals surface area contributed by atoms with E-state index in [1.807, 2.05) is 4.72 Å². The van der Waals surface area contributed by atoms with E-state index >= 15 is 0 Å². The molecule has 3 rings (SSSR count). The van der Waals surface area contributed by atoms with Crippen LogP contribution in [0.25, 0.3) is 0 Å². The third kappa shape index (κ3) is 4.36. The van der Waals surface area contributed by atoms with Crippen LogP contribution in [0.2, 0.25) is 0 Å². The van der Waals surface area contributed by atoms with Crippen molar-refractivity contribution < 1.29 is 17.2 Å². The van der Waals surface area contributed by atoms with E-state index in [9.17, 15) is 17.2 Å². The highest BCUT2D eigenvalue weighted by Crippen LogP contribution is 2.23. The number of halogens is 2. The third-order valence-corrected chi connectivity index (χ3v) is 4.97. The molecule has 0 fully saturated rings. The fourth-order valence-corrected chi connectivity index (χ4v) is 3.27. The maximum atomic E-state index is 14.7. The molecule has 0 saturated heterocycles. The van der Waals surface area contributed by atoms with Gasteiger partial charge in [-0.2, -0.15) is 8.42 Å². The van der Waals surface area contributed by atoms with Crippen LogP contribution < -0.4 is 10.5 Å². The number of hydrogen-bond acceptors (Lipinski definition) is 6. The van der Waals surface area contributed by atoms with Crippen molar-refractivity contribution in [1.29, 1.82) is 5.41 Å². The van der Waals surface area contributed by atoms with Crippen molar-refractivity contribution in [3.8, 4) is 11.8 Å². The van der Waals surface area contributed by atoms with E-state index in [1.54, 1.807) is 0 Å². The van der Waals surface area contributed by atoms with Crippen molar-refractivity contribution in [2.45, 2.75) is 5.03 Å². The second kappa shape index (κ2) is 8.04. The Labute approximate surface area is 165 Å². The quantitative estimate of drug-likeness (QED) is 0.448. The van der Waals surface area contributed by atoms with Crippen LogP contribution in [0.3, 0.4) is 0 Å². The Hall–Kier alpha value is -3.84. The van der Waals surface area contributed by atoms with Crippen molar-refractivity contribution in [3.05, 3.63) is 77.1 Å². The standard InChI is InChI=1S/C19H13F2N5O2S/c20-15-6-7-16(26-29(27,28)17-3-1-2-8-24-17)18(21)14(15)5-4-12-9-13(10-22)19(23)25-11-12/h1-3,6-11,22,26H,(H2,23,25). The lowest BCUT2D eigenvalue weighted by molar-refractivity contribution is 0.577. The predicted octanol–water partition coefficient (Wildman–Crippen LogP) is 2.54. The number of rotatable bonds is 4. The molecule has 0 bridgehead atoms. The van der Waals surface area contributed by atoms with Gasteiger partial charge in [-0.1, -0.05) is 17.9 Å². The van der Waals surface area contributed by atoms with E-state index in [0.29, 0.717) is 5.56 Å². The zero-order chi connectivity index (χ0) is 21.0. The van der Waals surface area contributed by atoms with E-state index in [0.717, 1.165) is 18.3 Å². The molecule has 0 spiro atoms. The number of nitrogen functional groups attached to an aromatic ring is 1. The second-order valence-corrected chi connectivity index (χ2v) is 7.28. The predicted molar refractivity (Wildman–Crippen MR) is 104 cm³/mol. The molecule has 0 amide bonds. The number of pyridine rings is 2. The van der Waals surface area contributed by atoms with Gasteiger partial charge in [0.05, 0.1) is 11.3 Å². The molecule has 0 unspecified atom stereocenters. The van der Waals surface area contributed by atoms with Crippen LogP contribution in [0, 0.1) is 28.9 Å².